The van der Waals surface area contributed by atoms with Crippen LogP contribution in [0.3, 0.4) is 0 Å². The third-order valence-corrected chi connectivity index (χ3v) is 4.61. The number of likely N-dealkylation sites (tertiary alicyclic amines) is 1. The zero-order valence-corrected chi connectivity index (χ0v) is 15.6. The zero-order chi connectivity index (χ0) is 18.0. The maximum absolute atomic E-state index is 13.0. The average molecular weight is 341 g/mol. The van der Waals surface area contributed by atoms with E-state index in [0.29, 0.717) is 6.54 Å². The summed E-state index contributed by atoms with van der Waals surface area (Å²) in [7, 11) is 4.07. The fourth-order valence-electron chi connectivity index (χ4n) is 3.57. The zero-order valence-electron chi connectivity index (χ0n) is 15.6. The predicted octanol–water partition coefficient (Wildman–Crippen LogP) is 2.43. The quantitative estimate of drug-likeness (QED) is 0.857. The molecule has 1 aromatic carbocycles. The van der Waals surface area contributed by atoms with Crippen LogP contribution in [0.15, 0.2) is 24.3 Å². The number of hydrogen-bond donors (Lipinski definition) is 0. The Morgan fingerprint density at radius 2 is 2.12 bits per heavy atom. The maximum atomic E-state index is 13.0. The van der Waals surface area contributed by atoms with Gasteiger partial charge in [0, 0.05) is 25.2 Å². The van der Waals surface area contributed by atoms with Crippen molar-refractivity contribution in [3.05, 3.63) is 47.0 Å². The molecule has 1 aliphatic heterocycles. The van der Waals surface area contributed by atoms with E-state index in [1.165, 1.54) is 0 Å². The lowest BCUT2D eigenvalue weighted by Gasteiger charge is -2.33. The Kier molecular flexibility index (Phi) is 5.18. The van der Waals surface area contributed by atoms with Crippen LogP contribution in [0, 0.1) is 13.8 Å². The molecule has 6 nitrogen and oxygen atoms in total. The van der Waals surface area contributed by atoms with E-state index in [0.717, 1.165) is 48.7 Å². The van der Waals surface area contributed by atoms with Crippen molar-refractivity contribution in [2.24, 2.45) is 0 Å². The number of benzene rings is 1. The van der Waals surface area contributed by atoms with Gasteiger partial charge in [0.2, 0.25) is 0 Å². The van der Waals surface area contributed by atoms with E-state index in [-0.39, 0.29) is 11.9 Å². The van der Waals surface area contributed by atoms with Gasteiger partial charge in [0.15, 0.2) is 0 Å². The molecular weight excluding hydrogens is 314 g/mol. The van der Waals surface area contributed by atoms with E-state index < -0.39 is 0 Å². The van der Waals surface area contributed by atoms with Gasteiger partial charge in [-0.3, -0.25) is 4.79 Å². The van der Waals surface area contributed by atoms with Gasteiger partial charge in [-0.05, 0) is 58.5 Å². The van der Waals surface area contributed by atoms with Crippen LogP contribution in [0.4, 0.5) is 0 Å². The molecule has 2 aromatic rings. The number of piperidine rings is 1. The Morgan fingerprint density at radius 1 is 1.32 bits per heavy atom. The van der Waals surface area contributed by atoms with E-state index in [4.69, 9.17) is 0 Å². The first-order chi connectivity index (χ1) is 11.9. The Hall–Kier alpha value is -2.21. The van der Waals surface area contributed by atoms with Crippen LogP contribution in [0.2, 0.25) is 0 Å². The molecule has 0 saturated carbocycles. The van der Waals surface area contributed by atoms with E-state index in [2.05, 4.69) is 21.0 Å². The second-order valence-electron chi connectivity index (χ2n) is 7.14. The van der Waals surface area contributed by atoms with E-state index in [1.54, 1.807) is 0 Å². The summed E-state index contributed by atoms with van der Waals surface area (Å²) >= 11 is 0. The SMILES string of the molecule is Cc1nc(C)n(C2CCCN(C(=O)c3cccc(CN(C)C)c3)C2)n1. The average Bonchev–Trinajstić information content (AvgIpc) is 2.92. The van der Waals surface area contributed by atoms with E-state index >= 15 is 0 Å². The van der Waals surface area contributed by atoms with Gasteiger partial charge >= 0.3 is 0 Å². The van der Waals surface area contributed by atoms with Crippen LogP contribution in [-0.2, 0) is 6.54 Å². The molecule has 6 heteroatoms. The first-order valence-electron chi connectivity index (χ1n) is 8.86. The Morgan fingerprint density at radius 3 is 2.80 bits per heavy atom. The highest BCUT2D eigenvalue weighted by atomic mass is 16.2. The smallest absolute Gasteiger partial charge is 0.253 e. The van der Waals surface area contributed by atoms with Gasteiger partial charge in [0.25, 0.3) is 5.91 Å². The number of aromatic nitrogens is 3. The third kappa shape index (κ3) is 4.07. The molecule has 1 fully saturated rings. The van der Waals surface area contributed by atoms with Crippen molar-refractivity contribution < 1.29 is 4.79 Å². The van der Waals surface area contributed by atoms with Crippen LogP contribution in [-0.4, -0.2) is 57.7 Å². The van der Waals surface area contributed by atoms with Crippen molar-refractivity contribution in [2.45, 2.75) is 39.3 Å². The number of carbonyl (C=O) groups is 1. The number of hydrogen-bond acceptors (Lipinski definition) is 4. The molecule has 0 N–H and O–H groups in total. The van der Waals surface area contributed by atoms with Gasteiger partial charge in [-0.2, -0.15) is 5.10 Å². The lowest BCUT2D eigenvalue weighted by atomic mass is 10.0. The second kappa shape index (κ2) is 7.35. The molecule has 1 atom stereocenters. The van der Waals surface area contributed by atoms with Crippen LogP contribution in [0.25, 0.3) is 0 Å². The molecule has 0 aliphatic carbocycles. The highest BCUT2D eigenvalue weighted by Crippen LogP contribution is 2.23. The van der Waals surface area contributed by atoms with Gasteiger partial charge in [-0.15, -0.1) is 0 Å². The molecule has 0 bridgehead atoms. The first kappa shape index (κ1) is 17.6. The van der Waals surface area contributed by atoms with Crippen LogP contribution in [0.5, 0.6) is 0 Å². The maximum Gasteiger partial charge on any atom is 0.253 e. The van der Waals surface area contributed by atoms with Gasteiger partial charge in [0.05, 0.1) is 6.04 Å². The highest BCUT2D eigenvalue weighted by molar-refractivity contribution is 5.94. The molecule has 1 aromatic heterocycles. The number of nitrogens with zero attached hydrogens (tertiary/aromatic N) is 5. The summed E-state index contributed by atoms with van der Waals surface area (Å²) in [6.45, 7) is 6.22. The van der Waals surface area contributed by atoms with Crippen LogP contribution >= 0.6 is 0 Å². The van der Waals surface area contributed by atoms with Crippen LogP contribution in [0.1, 0.15) is 46.5 Å². The molecule has 2 heterocycles. The fraction of sp³-hybridized carbons (Fsp3) is 0.526. The minimum Gasteiger partial charge on any atom is -0.337 e. The summed E-state index contributed by atoms with van der Waals surface area (Å²) in [4.78, 5) is 21.4. The lowest BCUT2D eigenvalue weighted by Crippen LogP contribution is -2.41. The van der Waals surface area contributed by atoms with Crippen molar-refractivity contribution >= 4 is 5.91 Å². The van der Waals surface area contributed by atoms with Gasteiger partial charge in [-0.1, -0.05) is 12.1 Å². The van der Waals surface area contributed by atoms with Crippen LogP contribution < -0.4 is 0 Å². The Bertz CT molecular complexity index is 752. The van der Waals surface area contributed by atoms with Gasteiger partial charge < -0.3 is 9.80 Å². The molecular formula is C19H27N5O. The van der Waals surface area contributed by atoms with Crippen molar-refractivity contribution in [2.75, 3.05) is 27.2 Å². The molecule has 1 aliphatic rings. The molecule has 134 valence electrons. The fourth-order valence-corrected chi connectivity index (χ4v) is 3.57. The number of aryl methyl sites for hydroxylation is 2. The van der Waals surface area contributed by atoms with Crippen molar-refractivity contribution in [3.8, 4) is 0 Å². The molecule has 25 heavy (non-hydrogen) atoms. The second-order valence-corrected chi connectivity index (χ2v) is 7.14. The van der Waals surface area contributed by atoms with Crippen molar-refractivity contribution in [1.29, 1.82) is 0 Å². The number of rotatable bonds is 4. The topological polar surface area (TPSA) is 54.3 Å². The summed E-state index contributed by atoms with van der Waals surface area (Å²) < 4.78 is 1.98. The summed E-state index contributed by atoms with van der Waals surface area (Å²) in [6, 6.07) is 8.17. The summed E-state index contributed by atoms with van der Waals surface area (Å²) in [5, 5.41) is 4.51. The lowest BCUT2D eigenvalue weighted by molar-refractivity contribution is 0.0671. The van der Waals surface area contributed by atoms with E-state index in [1.807, 2.05) is 55.7 Å². The molecule has 1 saturated heterocycles. The summed E-state index contributed by atoms with van der Waals surface area (Å²) in [5.74, 6) is 1.82. The van der Waals surface area contributed by atoms with Gasteiger partial charge in [-0.25, -0.2) is 9.67 Å². The summed E-state index contributed by atoms with van der Waals surface area (Å²) in [5.41, 5.74) is 1.93. The van der Waals surface area contributed by atoms with Crippen molar-refractivity contribution in [1.82, 2.24) is 24.6 Å². The third-order valence-electron chi connectivity index (χ3n) is 4.61. The minimum absolute atomic E-state index is 0.111. The number of amides is 1. The Labute approximate surface area is 149 Å². The molecule has 0 spiro atoms. The monoisotopic (exact) mass is 341 g/mol. The minimum atomic E-state index is 0.111. The number of carbonyl (C=O) groups excluding carboxylic acids is 1. The molecule has 1 amide bonds. The van der Waals surface area contributed by atoms with Crippen molar-refractivity contribution in [3.63, 3.8) is 0 Å². The van der Waals surface area contributed by atoms with E-state index in [9.17, 15) is 4.79 Å². The summed E-state index contributed by atoms with van der Waals surface area (Å²) in [6.07, 6.45) is 2.03. The normalized spacial score (nSPS) is 18.0. The largest absolute Gasteiger partial charge is 0.337 e. The predicted molar refractivity (Wildman–Crippen MR) is 97.5 cm³/mol. The molecule has 1 unspecified atom stereocenters. The highest BCUT2D eigenvalue weighted by Gasteiger charge is 2.27. The first-order valence-corrected chi connectivity index (χ1v) is 8.86. The molecule has 0 radical (unpaired) electrons. The Balaban J connectivity index is 1.75. The standard InChI is InChI=1S/C19H27N5O/c1-14-20-15(2)24(21-14)18-9-6-10-23(13-18)19(25)17-8-5-7-16(11-17)12-22(3)4/h5,7-8,11,18H,6,9-10,12-13H2,1-4H3. The van der Waals surface area contributed by atoms with Gasteiger partial charge in [0.1, 0.15) is 11.6 Å². The molecule has 3 rings (SSSR count).